The van der Waals surface area contributed by atoms with Gasteiger partial charge in [0.15, 0.2) is 0 Å². The van der Waals surface area contributed by atoms with Crippen LogP contribution in [-0.4, -0.2) is 9.78 Å². The molecule has 2 rings (SSSR count). The molecular formula is C13H19N3O. The maximum Gasteiger partial charge on any atom is 0.117 e. The van der Waals surface area contributed by atoms with E-state index in [2.05, 4.69) is 30.5 Å². The molecule has 0 amide bonds. The van der Waals surface area contributed by atoms with Crippen LogP contribution in [0.2, 0.25) is 0 Å². The molecule has 4 nitrogen and oxygen atoms in total. The summed E-state index contributed by atoms with van der Waals surface area (Å²) in [7, 11) is 0. The summed E-state index contributed by atoms with van der Waals surface area (Å²) in [5.41, 5.74) is 2.34. The first-order valence-corrected chi connectivity index (χ1v) is 6.00. The Bertz CT molecular complexity index is 459. The van der Waals surface area contributed by atoms with Crippen LogP contribution >= 0.6 is 0 Å². The molecule has 0 saturated heterocycles. The van der Waals surface area contributed by atoms with Crippen molar-refractivity contribution in [1.29, 1.82) is 0 Å². The van der Waals surface area contributed by atoms with Crippen molar-refractivity contribution in [2.75, 3.05) is 0 Å². The number of aromatic nitrogens is 2. The smallest absolute Gasteiger partial charge is 0.117 e. The van der Waals surface area contributed by atoms with Crippen LogP contribution in [0.3, 0.4) is 0 Å². The zero-order chi connectivity index (χ0) is 12.3. The molecule has 2 aromatic rings. The number of rotatable bonds is 5. The van der Waals surface area contributed by atoms with Crippen molar-refractivity contribution in [3.8, 4) is 0 Å². The van der Waals surface area contributed by atoms with Crippen molar-refractivity contribution in [1.82, 2.24) is 15.1 Å². The van der Waals surface area contributed by atoms with E-state index in [4.69, 9.17) is 4.42 Å². The Morgan fingerprint density at radius 1 is 1.53 bits per heavy atom. The Kier molecular flexibility index (Phi) is 3.64. The lowest BCUT2D eigenvalue weighted by atomic mass is 10.1. The van der Waals surface area contributed by atoms with E-state index in [1.54, 1.807) is 6.26 Å². The highest BCUT2D eigenvalue weighted by molar-refractivity contribution is 5.19. The van der Waals surface area contributed by atoms with E-state index in [1.807, 2.05) is 23.7 Å². The van der Waals surface area contributed by atoms with Crippen LogP contribution in [0.4, 0.5) is 0 Å². The second-order valence-corrected chi connectivity index (χ2v) is 4.21. The van der Waals surface area contributed by atoms with Gasteiger partial charge >= 0.3 is 0 Å². The van der Waals surface area contributed by atoms with Gasteiger partial charge in [-0.2, -0.15) is 5.10 Å². The van der Waals surface area contributed by atoms with Crippen molar-refractivity contribution in [3.63, 3.8) is 0 Å². The summed E-state index contributed by atoms with van der Waals surface area (Å²) in [4.78, 5) is 0. The normalized spacial score (nSPS) is 12.9. The molecule has 0 aromatic carbocycles. The van der Waals surface area contributed by atoms with Gasteiger partial charge in [-0.15, -0.1) is 0 Å². The molecule has 17 heavy (non-hydrogen) atoms. The largest absolute Gasteiger partial charge is 0.468 e. The summed E-state index contributed by atoms with van der Waals surface area (Å²) < 4.78 is 7.26. The maximum absolute atomic E-state index is 5.29. The van der Waals surface area contributed by atoms with Crippen LogP contribution in [0.5, 0.6) is 0 Å². The van der Waals surface area contributed by atoms with Crippen molar-refractivity contribution in [2.24, 2.45) is 0 Å². The first-order chi connectivity index (χ1) is 8.20. The fourth-order valence-electron chi connectivity index (χ4n) is 1.90. The van der Waals surface area contributed by atoms with E-state index in [-0.39, 0.29) is 6.04 Å². The van der Waals surface area contributed by atoms with Crippen LogP contribution < -0.4 is 5.32 Å². The van der Waals surface area contributed by atoms with Gasteiger partial charge in [0.05, 0.1) is 18.5 Å². The highest BCUT2D eigenvalue weighted by atomic mass is 16.3. The number of hydrogen-bond acceptors (Lipinski definition) is 3. The molecule has 1 atom stereocenters. The third-order valence-electron chi connectivity index (χ3n) is 2.94. The van der Waals surface area contributed by atoms with Crippen molar-refractivity contribution in [2.45, 2.75) is 39.9 Å². The molecule has 0 saturated carbocycles. The quantitative estimate of drug-likeness (QED) is 0.863. The summed E-state index contributed by atoms with van der Waals surface area (Å²) in [6.45, 7) is 7.94. The Morgan fingerprint density at radius 2 is 2.35 bits per heavy atom. The standard InChI is InChI=1S/C13H19N3O/c1-4-16-9-13(11(3)15-16)10(2)14-8-12-6-5-7-17-12/h5-7,9-10,14H,4,8H2,1-3H3. The molecule has 2 aromatic heterocycles. The van der Waals surface area contributed by atoms with Gasteiger partial charge < -0.3 is 9.73 Å². The minimum absolute atomic E-state index is 0.278. The lowest BCUT2D eigenvalue weighted by Gasteiger charge is -2.11. The number of aryl methyl sites for hydroxylation is 2. The van der Waals surface area contributed by atoms with Crippen LogP contribution in [0, 0.1) is 6.92 Å². The fraction of sp³-hybridized carbons (Fsp3) is 0.462. The molecule has 0 aliphatic carbocycles. The molecule has 4 heteroatoms. The zero-order valence-electron chi connectivity index (χ0n) is 10.6. The average Bonchev–Trinajstić information content (AvgIpc) is 2.94. The van der Waals surface area contributed by atoms with E-state index in [0.29, 0.717) is 0 Å². The van der Waals surface area contributed by atoms with Gasteiger partial charge in [0.2, 0.25) is 0 Å². The first kappa shape index (κ1) is 11.9. The Hall–Kier alpha value is -1.55. The lowest BCUT2D eigenvalue weighted by Crippen LogP contribution is -2.18. The molecule has 1 N–H and O–H groups in total. The van der Waals surface area contributed by atoms with Crippen LogP contribution in [0.25, 0.3) is 0 Å². The summed E-state index contributed by atoms with van der Waals surface area (Å²) in [6, 6.07) is 4.16. The van der Waals surface area contributed by atoms with Crippen LogP contribution in [-0.2, 0) is 13.1 Å². The SMILES string of the molecule is CCn1cc(C(C)NCc2ccco2)c(C)n1. The van der Waals surface area contributed by atoms with Crippen LogP contribution in [0.15, 0.2) is 29.0 Å². The van der Waals surface area contributed by atoms with Crippen LogP contribution in [0.1, 0.15) is 36.9 Å². The van der Waals surface area contributed by atoms with E-state index in [9.17, 15) is 0 Å². The van der Waals surface area contributed by atoms with Crippen molar-refractivity contribution in [3.05, 3.63) is 41.6 Å². The zero-order valence-corrected chi connectivity index (χ0v) is 10.6. The Labute approximate surface area is 102 Å². The average molecular weight is 233 g/mol. The number of nitrogens with zero attached hydrogens (tertiary/aromatic N) is 2. The number of hydrogen-bond donors (Lipinski definition) is 1. The van der Waals surface area contributed by atoms with Crippen molar-refractivity contribution < 1.29 is 4.42 Å². The molecule has 0 aliphatic heterocycles. The molecule has 0 bridgehead atoms. The van der Waals surface area contributed by atoms with Gasteiger partial charge in [-0.3, -0.25) is 4.68 Å². The minimum atomic E-state index is 0.278. The predicted octanol–water partition coefficient (Wildman–Crippen LogP) is 2.66. The second-order valence-electron chi connectivity index (χ2n) is 4.21. The summed E-state index contributed by atoms with van der Waals surface area (Å²) in [5, 5.41) is 7.88. The van der Waals surface area contributed by atoms with Gasteiger partial charge in [0.1, 0.15) is 5.76 Å². The fourth-order valence-corrected chi connectivity index (χ4v) is 1.90. The van der Waals surface area contributed by atoms with Gasteiger partial charge in [-0.1, -0.05) is 0 Å². The monoisotopic (exact) mass is 233 g/mol. The lowest BCUT2D eigenvalue weighted by molar-refractivity contribution is 0.460. The number of nitrogens with one attached hydrogen (secondary N) is 1. The highest BCUT2D eigenvalue weighted by Crippen LogP contribution is 2.16. The van der Waals surface area contributed by atoms with Gasteiger partial charge in [0, 0.05) is 24.3 Å². The molecule has 0 fully saturated rings. The maximum atomic E-state index is 5.29. The third kappa shape index (κ3) is 2.77. The number of furan rings is 1. The Morgan fingerprint density at radius 3 is 2.94 bits per heavy atom. The third-order valence-corrected chi connectivity index (χ3v) is 2.94. The summed E-state index contributed by atoms with van der Waals surface area (Å²) in [6.07, 6.45) is 3.80. The molecular weight excluding hydrogens is 214 g/mol. The Balaban J connectivity index is 1.99. The summed E-state index contributed by atoms with van der Waals surface area (Å²) >= 11 is 0. The molecule has 0 aliphatic rings. The topological polar surface area (TPSA) is 43.0 Å². The first-order valence-electron chi connectivity index (χ1n) is 6.00. The second kappa shape index (κ2) is 5.19. The van der Waals surface area contributed by atoms with E-state index in [1.165, 1.54) is 5.56 Å². The van der Waals surface area contributed by atoms with E-state index >= 15 is 0 Å². The van der Waals surface area contributed by atoms with Crippen molar-refractivity contribution >= 4 is 0 Å². The molecule has 92 valence electrons. The predicted molar refractivity (Wildman–Crippen MR) is 66.6 cm³/mol. The molecule has 0 radical (unpaired) electrons. The van der Waals surface area contributed by atoms with Gasteiger partial charge in [-0.25, -0.2) is 0 Å². The van der Waals surface area contributed by atoms with Gasteiger partial charge in [-0.05, 0) is 32.9 Å². The van der Waals surface area contributed by atoms with E-state index < -0.39 is 0 Å². The highest BCUT2D eigenvalue weighted by Gasteiger charge is 2.11. The summed E-state index contributed by atoms with van der Waals surface area (Å²) in [5.74, 6) is 0.956. The minimum Gasteiger partial charge on any atom is -0.468 e. The molecule has 2 heterocycles. The van der Waals surface area contributed by atoms with E-state index in [0.717, 1.165) is 24.5 Å². The van der Waals surface area contributed by atoms with Gasteiger partial charge in [0.25, 0.3) is 0 Å². The molecule has 0 spiro atoms. The molecule has 1 unspecified atom stereocenters.